The van der Waals surface area contributed by atoms with Crippen LogP contribution in [-0.4, -0.2) is 16.7 Å². The van der Waals surface area contributed by atoms with E-state index in [1.165, 1.54) is 11.3 Å². The van der Waals surface area contributed by atoms with Gasteiger partial charge in [0.2, 0.25) is 5.89 Å². The Kier molecular flexibility index (Phi) is 4.87. The van der Waals surface area contributed by atoms with Crippen LogP contribution in [0.15, 0.2) is 76.5 Å². The molecule has 0 saturated carbocycles. The summed E-state index contributed by atoms with van der Waals surface area (Å²) in [7, 11) is 0. The third kappa shape index (κ3) is 3.63. The predicted molar refractivity (Wildman–Crippen MR) is 106 cm³/mol. The average molecular weight is 389 g/mol. The van der Waals surface area contributed by atoms with Crippen molar-refractivity contribution in [1.82, 2.24) is 4.98 Å². The van der Waals surface area contributed by atoms with Crippen molar-refractivity contribution in [2.75, 3.05) is 0 Å². The Morgan fingerprint density at radius 1 is 0.929 bits per heavy atom. The maximum atomic E-state index is 12.4. The lowest BCUT2D eigenvalue weighted by molar-refractivity contribution is 0.0727. The van der Waals surface area contributed by atoms with Gasteiger partial charge in [-0.3, -0.25) is 4.79 Å². The smallest absolute Gasteiger partial charge is 0.366 e. The zero-order chi connectivity index (χ0) is 19.5. The number of hydrogen-bond donors (Lipinski definition) is 0. The molecule has 28 heavy (non-hydrogen) atoms. The second kappa shape index (κ2) is 7.62. The van der Waals surface area contributed by atoms with E-state index in [1.54, 1.807) is 43.3 Å². The molecule has 138 valence electrons. The van der Waals surface area contributed by atoms with Crippen molar-refractivity contribution < 1.29 is 18.7 Å². The summed E-state index contributed by atoms with van der Waals surface area (Å²) in [4.78, 5) is 30.0. The van der Waals surface area contributed by atoms with Crippen molar-refractivity contribution in [3.8, 4) is 16.5 Å². The van der Waals surface area contributed by atoms with Crippen LogP contribution in [0.2, 0.25) is 0 Å². The fraction of sp³-hybridized carbons (Fsp3) is 0.0455. The molecule has 0 fully saturated rings. The molecule has 0 atom stereocenters. The Morgan fingerprint density at radius 2 is 1.64 bits per heavy atom. The van der Waals surface area contributed by atoms with Gasteiger partial charge in [0.15, 0.2) is 11.5 Å². The largest absolute Gasteiger partial charge is 0.440 e. The van der Waals surface area contributed by atoms with Crippen molar-refractivity contribution in [1.29, 1.82) is 0 Å². The van der Waals surface area contributed by atoms with Crippen LogP contribution in [0.1, 0.15) is 32.2 Å². The van der Waals surface area contributed by atoms with Gasteiger partial charge in [-0.15, -0.1) is 11.3 Å². The minimum absolute atomic E-state index is 0.0913. The number of nitrogens with zero attached hydrogens (tertiary/aromatic N) is 1. The summed E-state index contributed by atoms with van der Waals surface area (Å²) in [5, 5.41) is 1.91. The van der Waals surface area contributed by atoms with Gasteiger partial charge in [-0.05, 0) is 42.6 Å². The first kappa shape index (κ1) is 17.9. The maximum absolute atomic E-state index is 12.4. The molecule has 0 unspecified atom stereocenters. The number of benzene rings is 2. The summed E-state index contributed by atoms with van der Waals surface area (Å²) < 4.78 is 11.0. The lowest BCUT2D eigenvalue weighted by Gasteiger charge is -2.05. The quantitative estimate of drug-likeness (QED) is 0.268. The summed E-state index contributed by atoms with van der Waals surface area (Å²) >= 11 is 1.48. The minimum atomic E-state index is -0.605. The van der Waals surface area contributed by atoms with Gasteiger partial charge in [-0.1, -0.05) is 36.4 Å². The number of carbonyl (C=O) groups excluding carboxylic acids is 2. The van der Waals surface area contributed by atoms with Crippen LogP contribution >= 0.6 is 11.3 Å². The van der Waals surface area contributed by atoms with E-state index in [0.29, 0.717) is 28.5 Å². The molecule has 2 aromatic carbocycles. The van der Waals surface area contributed by atoms with Crippen molar-refractivity contribution in [2.45, 2.75) is 6.92 Å². The Labute approximate surface area is 165 Å². The molecular formula is C22H15NO4S. The Balaban J connectivity index is 1.49. The molecule has 0 aliphatic rings. The highest BCUT2D eigenvalue weighted by molar-refractivity contribution is 7.13. The minimum Gasteiger partial charge on any atom is -0.440 e. The highest BCUT2D eigenvalue weighted by atomic mass is 32.1. The summed E-state index contributed by atoms with van der Waals surface area (Å²) in [6.45, 7) is 1.67. The highest BCUT2D eigenvalue weighted by Gasteiger charge is 2.20. The summed E-state index contributed by atoms with van der Waals surface area (Å²) in [6, 6.07) is 19.2. The zero-order valence-corrected chi connectivity index (χ0v) is 15.7. The van der Waals surface area contributed by atoms with Gasteiger partial charge in [0, 0.05) is 11.1 Å². The molecule has 0 amide bonds. The van der Waals surface area contributed by atoms with Gasteiger partial charge in [-0.25, -0.2) is 9.78 Å². The lowest BCUT2D eigenvalue weighted by Crippen LogP contribution is -2.10. The molecule has 4 aromatic rings. The number of ketones is 1. The fourth-order valence-electron chi connectivity index (χ4n) is 2.68. The molecule has 2 heterocycles. The average Bonchev–Trinajstić information content (AvgIpc) is 3.38. The Morgan fingerprint density at radius 3 is 2.32 bits per heavy atom. The third-order valence-corrected chi connectivity index (χ3v) is 4.94. The van der Waals surface area contributed by atoms with Crippen LogP contribution in [0.25, 0.3) is 10.8 Å². The molecule has 0 spiro atoms. The normalized spacial score (nSPS) is 10.6. The second-order valence-corrected chi connectivity index (χ2v) is 6.96. The van der Waals surface area contributed by atoms with E-state index in [1.807, 2.05) is 35.7 Å². The standard InChI is InChI=1S/C22H15NO4S/c1-14-19(23-21(26-14)18-8-5-13-28-18)22(25)27-17-11-9-16(10-12-17)20(24)15-6-3-2-4-7-15/h2-13H,1H3. The first-order valence-electron chi connectivity index (χ1n) is 8.55. The number of ether oxygens (including phenoxy) is 1. The number of aryl methyl sites for hydroxylation is 1. The van der Waals surface area contributed by atoms with Gasteiger partial charge in [0.25, 0.3) is 0 Å². The molecular weight excluding hydrogens is 374 g/mol. The molecule has 4 rings (SSSR count). The van der Waals surface area contributed by atoms with Crippen molar-refractivity contribution in [3.63, 3.8) is 0 Å². The van der Waals surface area contributed by atoms with Crippen LogP contribution in [0, 0.1) is 6.92 Å². The number of rotatable bonds is 5. The SMILES string of the molecule is Cc1oc(-c2cccs2)nc1C(=O)Oc1ccc(C(=O)c2ccccc2)cc1. The zero-order valence-electron chi connectivity index (χ0n) is 14.9. The van der Waals surface area contributed by atoms with Crippen LogP contribution in [0.4, 0.5) is 0 Å². The van der Waals surface area contributed by atoms with Crippen molar-refractivity contribution in [2.24, 2.45) is 0 Å². The number of oxazole rings is 1. The summed E-state index contributed by atoms with van der Waals surface area (Å²) in [5.74, 6) is 0.417. The first-order valence-corrected chi connectivity index (χ1v) is 9.43. The van der Waals surface area contributed by atoms with Crippen LogP contribution < -0.4 is 4.74 Å². The van der Waals surface area contributed by atoms with E-state index in [2.05, 4.69) is 4.98 Å². The second-order valence-electron chi connectivity index (χ2n) is 6.01. The summed E-state index contributed by atoms with van der Waals surface area (Å²) in [6.07, 6.45) is 0. The number of thiophene rings is 1. The first-order chi connectivity index (χ1) is 13.6. The molecule has 0 saturated heterocycles. The third-order valence-electron chi connectivity index (χ3n) is 4.08. The molecule has 0 N–H and O–H groups in total. The van der Waals surface area contributed by atoms with E-state index in [0.717, 1.165) is 4.88 Å². The van der Waals surface area contributed by atoms with Crippen molar-refractivity contribution in [3.05, 3.63) is 94.7 Å². The molecule has 6 heteroatoms. The summed E-state index contributed by atoms with van der Waals surface area (Å²) in [5.41, 5.74) is 1.25. The fourth-order valence-corrected chi connectivity index (χ4v) is 3.33. The maximum Gasteiger partial charge on any atom is 0.366 e. The number of hydrogen-bond acceptors (Lipinski definition) is 6. The van der Waals surface area contributed by atoms with Crippen molar-refractivity contribution >= 4 is 23.1 Å². The van der Waals surface area contributed by atoms with Gasteiger partial charge in [0.05, 0.1) is 4.88 Å². The number of carbonyl (C=O) groups is 2. The monoisotopic (exact) mass is 389 g/mol. The van der Waals surface area contributed by atoms with E-state index in [-0.39, 0.29) is 11.5 Å². The number of esters is 1. The molecule has 5 nitrogen and oxygen atoms in total. The van der Waals surface area contributed by atoms with E-state index in [4.69, 9.17) is 9.15 Å². The topological polar surface area (TPSA) is 69.4 Å². The van der Waals surface area contributed by atoms with Gasteiger partial charge in [-0.2, -0.15) is 0 Å². The van der Waals surface area contributed by atoms with E-state index < -0.39 is 5.97 Å². The van der Waals surface area contributed by atoms with Crippen LogP contribution in [-0.2, 0) is 0 Å². The molecule has 2 aromatic heterocycles. The molecule has 0 radical (unpaired) electrons. The Bertz CT molecular complexity index is 1110. The van der Waals surface area contributed by atoms with Gasteiger partial charge < -0.3 is 9.15 Å². The van der Waals surface area contributed by atoms with Gasteiger partial charge in [0.1, 0.15) is 11.5 Å². The molecule has 0 bridgehead atoms. The lowest BCUT2D eigenvalue weighted by atomic mass is 10.0. The van der Waals surface area contributed by atoms with Crippen LogP contribution in [0.5, 0.6) is 5.75 Å². The Hall–Kier alpha value is -3.51. The highest BCUT2D eigenvalue weighted by Crippen LogP contribution is 2.26. The van der Waals surface area contributed by atoms with Crippen LogP contribution in [0.3, 0.4) is 0 Å². The van der Waals surface area contributed by atoms with E-state index in [9.17, 15) is 9.59 Å². The molecule has 0 aliphatic carbocycles. The predicted octanol–water partition coefficient (Wildman–Crippen LogP) is 5.16. The number of aromatic nitrogens is 1. The molecule has 0 aliphatic heterocycles. The van der Waals surface area contributed by atoms with Gasteiger partial charge >= 0.3 is 5.97 Å². The van der Waals surface area contributed by atoms with E-state index >= 15 is 0 Å².